The Morgan fingerprint density at radius 3 is 2.78 bits per heavy atom. The van der Waals surface area contributed by atoms with Crippen LogP contribution in [0.15, 0.2) is 12.3 Å². The maximum atomic E-state index is 9.52. The second kappa shape index (κ2) is 5.41. The van der Waals surface area contributed by atoms with E-state index in [2.05, 4.69) is 21.8 Å². The normalized spacial score (nSPS) is 26.8. The zero-order valence-corrected chi connectivity index (χ0v) is 11.0. The Morgan fingerprint density at radius 2 is 2.06 bits per heavy atom. The molecule has 1 atom stereocenters. The lowest BCUT2D eigenvalue weighted by atomic mass is 9.96. The Bertz CT molecular complexity index is 384. The van der Waals surface area contributed by atoms with Gasteiger partial charge in [0, 0.05) is 25.8 Å². The monoisotopic (exact) mass is 249 g/mol. The summed E-state index contributed by atoms with van der Waals surface area (Å²) in [7, 11) is 0. The third kappa shape index (κ3) is 2.75. The van der Waals surface area contributed by atoms with E-state index in [0.717, 1.165) is 31.7 Å². The third-order valence-corrected chi connectivity index (χ3v) is 4.25. The summed E-state index contributed by atoms with van der Waals surface area (Å²) in [6.45, 7) is 2.69. The molecule has 4 heteroatoms. The van der Waals surface area contributed by atoms with E-state index in [-0.39, 0.29) is 6.10 Å². The van der Waals surface area contributed by atoms with Crippen LogP contribution in [0.4, 0.5) is 0 Å². The van der Waals surface area contributed by atoms with E-state index in [4.69, 9.17) is 5.10 Å². The Balaban J connectivity index is 1.59. The number of aromatic nitrogens is 2. The van der Waals surface area contributed by atoms with Crippen LogP contribution in [0, 0.1) is 0 Å². The predicted molar refractivity (Wildman–Crippen MR) is 70.2 cm³/mol. The van der Waals surface area contributed by atoms with Crippen LogP contribution in [-0.4, -0.2) is 39.0 Å². The average Bonchev–Trinajstić information content (AvgIpc) is 3.01. The summed E-state index contributed by atoms with van der Waals surface area (Å²) < 4.78 is 2.17. The highest BCUT2D eigenvalue weighted by atomic mass is 16.3. The predicted octanol–water partition coefficient (Wildman–Crippen LogP) is 1.95. The van der Waals surface area contributed by atoms with Gasteiger partial charge < -0.3 is 5.11 Å². The van der Waals surface area contributed by atoms with Crippen molar-refractivity contribution >= 4 is 0 Å². The van der Waals surface area contributed by atoms with Crippen molar-refractivity contribution in [2.24, 2.45) is 0 Å². The number of hydrogen-bond donors (Lipinski definition) is 1. The van der Waals surface area contributed by atoms with Gasteiger partial charge in [0.15, 0.2) is 0 Å². The molecule has 1 aliphatic carbocycles. The summed E-state index contributed by atoms with van der Waals surface area (Å²) in [5.74, 6) is 0. The molecule has 1 aliphatic heterocycles. The fraction of sp³-hybridized carbons (Fsp3) is 0.786. The summed E-state index contributed by atoms with van der Waals surface area (Å²) in [4.78, 5) is 2.29. The minimum Gasteiger partial charge on any atom is -0.392 e. The van der Waals surface area contributed by atoms with Crippen molar-refractivity contribution in [2.75, 3.05) is 13.1 Å². The van der Waals surface area contributed by atoms with Crippen LogP contribution >= 0.6 is 0 Å². The zero-order chi connectivity index (χ0) is 12.4. The highest BCUT2D eigenvalue weighted by Crippen LogP contribution is 2.27. The van der Waals surface area contributed by atoms with Crippen LogP contribution in [0.5, 0.6) is 0 Å². The van der Waals surface area contributed by atoms with Gasteiger partial charge >= 0.3 is 0 Å². The summed E-state index contributed by atoms with van der Waals surface area (Å²) in [5.41, 5.74) is 1.15. The summed E-state index contributed by atoms with van der Waals surface area (Å²) in [6, 6.07) is 2.76. The van der Waals surface area contributed by atoms with Gasteiger partial charge in [0.25, 0.3) is 0 Å². The summed E-state index contributed by atoms with van der Waals surface area (Å²) in [5, 5.41) is 14.2. The molecule has 4 nitrogen and oxygen atoms in total. The minimum absolute atomic E-state index is 0.134. The maximum absolute atomic E-state index is 9.52. The highest BCUT2D eigenvalue weighted by Gasteiger charge is 2.21. The smallest absolute Gasteiger partial charge is 0.0764 e. The van der Waals surface area contributed by atoms with Crippen molar-refractivity contribution in [1.82, 2.24) is 14.7 Å². The van der Waals surface area contributed by atoms with E-state index >= 15 is 0 Å². The van der Waals surface area contributed by atoms with Gasteiger partial charge in [0.2, 0.25) is 0 Å². The number of nitrogens with zero attached hydrogens (tertiary/aromatic N) is 3. The Morgan fingerprint density at radius 1 is 1.22 bits per heavy atom. The number of hydrogen-bond acceptors (Lipinski definition) is 3. The molecule has 0 aromatic carbocycles. The van der Waals surface area contributed by atoms with Crippen molar-refractivity contribution in [3.05, 3.63) is 18.0 Å². The average molecular weight is 249 g/mol. The van der Waals surface area contributed by atoms with Crippen molar-refractivity contribution in [1.29, 1.82) is 0 Å². The van der Waals surface area contributed by atoms with E-state index < -0.39 is 0 Å². The summed E-state index contributed by atoms with van der Waals surface area (Å²) in [6.07, 6.45) is 9.55. The van der Waals surface area contributed by atoms with E-state index in [0.29, 0.717) is 6.04 Å². The Labute approximate surface area is 109 Å². The molecule has 2 heterocycles. The number of β-amino-alcohol motifs (C(OH)–C–C–N with tert-alkyl or cyclic N) is 1. The van der Waals surface area contributed by atoms with E-state index in [1.165, 1.54) is 32.1 Å². The molecule has 2 fully saturated rings. The largest absolute Gasteiger partial charge is 0.392 e. The van der Waals surface area contributed by atoms with Crippen LogP contribution in [0.1, 0.15) is 50.3 Å². The number of likely N-dealkylation sites (tertiary alicyclic amines) is 1. The molecule has 3 rings (SSSR count). The van der Waals surface area contributed by atoms with Crippen LogP contribution in [0.3, 0.4) is 0 Å². The second-order valence-electron chi connectivity index (χ2n) is 5.76. The zero-order valence-electron chi connectivity index (χ0n) is 11.0. The van der Waals surface area contributed by atoms with Gasteiger partial charge in [-0.1, -0.05) is 19.3 Å². The molecule has 0 radical (unpaired) electrons. The van der Waals surface area contributed by atoms with Crippen LogP contribution in [0.2, 0.25) is 0 Å². The fourth-order valence-electron chi connectivity index (χ4n) is 3.20. The lowest BCUT2D eigenvalue weighted by molar-refractivity contribution is 0.174. The lowest BCUT2D eigenvalue weighted by Gasteiger charge is -2.22. The van der Waals surface area contributed by atoms with Gasteiger partial charge in [-0.3, -0.25) is 9.58 Å². The molecule has 2 aliphatic rings. The highest BCUT2D eigenvalue weighted by molar-refractivity contribution is 5.00. The quantitative estimate of drug-likeness (QED) is 0.890. The topological polar surface area (TPSA) is 41.3 Å². The standard InChI is InChI=1S/C14H23N3O/c18-14-7-8-16(11-14)10-12-6-9-17(15-12)13-4-2-1-3-5-13/h6,9,13-14,18H,1-5,7-8,10-11H2/t14-/m1/s1. The van der Waals surface area contributed by atoms with Gasteiger partial charge in [-0.15, -0.1) is 0 Å². The first kappa shape index (κ1) is 12.2. The van der Waals surface area contributed by atoms with Crippen molar-refractivity contribution < 1.29 is 5.11 Å². The SMILES string of the molecule is O[C@@H]1CCN(Cc2ccn(C3CCCCC3)n2)C1. The molecule has 1 aromatic rings. The first-order chi connectivity index (χ1) is 8.81. The molecule has 0 amide bonds. The second-order valence-corrected chi connectivity index (χ2v) is 5.76. The van der Waals surface area contributed by atoms with Gasteiger partial charge in [-0.05, 0) is 25.3 Å². The molecular weight excluding hydrogens is 226 g/mol. The fourth-order valence-corrected chi connectivity index (χ4v) is 3.20. The lowest BCUT2D eigenvalue weighted by Crippen LogP contribution is -2.22. The van der Waals surface area contributed by atoms with Gasteiger partial charge in [0.1, 0.15) is 0 Å². The molecule has 0 bridgehead atoms. The Hall–Kier alpha value is -0.870. The van der Waals surface area contributed by atoms with E-state index in [1.807, 2.05) is 0 Å². The Kier molecular flexibility index (Phi) is 3.66. The number of rotatable bonds is 3. The number of aliphatic hydroxyl groups is 1. The van der Waals surface area contributed by atoms with Crippen molar-refractivity contribution in [3.63, 3.8) is 0 Å². The molecule has 0 unspecified atom stereocenters. The molecule has 100 valence electrons. The first-order valence-corrected chi connectivity index (χ1v) is 7.26. The van der Waals surface area contributed by atoms with Gasteiger partial charge in [-0.2, -0.15) is 5.10 Å². The minimum atomic E-state index is -0.134. The van der Waals surface area contributed by atoms with Crippen LogP contribution < -0.4 is 0 Å². The van der Waals surface area contributed by atoms with E-state index in [1.54, 1.807) is 0 Å². The molecule has 1 saturated carbocycles. The molecule has 1 aromatic heterocycles. The van der Waals surface area contributed by atoms with E-state index in [9.17, 15) is 5.11 Å². The maximum Gasteiger partial charge on any atom is 0.0764 e. The first-order valence-electron chi connectivity index (χ1n) is 7.26. The molecule has 1 saturated heterocycles. The van der Waals surface area contributed by atoms with Crippen molar-refractivity contribution in [3.8, 4) is 0 Å². The van der Waals surface area contributed by atoms with Crippen molar-refractivity contribution in [2.45, 2.75) is 57.2 Å². The van der Waals surface area contributed by atoms with Gasteiger partial charge in [-0.25, -0.2) is 0 Å². The van der Waals surface area contributed by atoms with Gasteiger partial charge in [0.05, 0.1) is 17.8 Å². The third-order valence-electron chi connectivity index (χ3n) is 4.25. The number of aliphatic hydroxyl groups excluding tert-OH is 1. The van der Waals surface area contributed by atoms with Crippen LogP contribution in [-0.2, 0) is 6.54 Å². The molecule has 18 heavy (non-hydrogen) atoms. The molecule has 1 N–H and O–H groups in total. The molecular formula is C14H23N3O. The summed E-state index contributed by atoms with van der Waals surface area (Å²) >= 11 is 0. The van der Waals surface area contributed by atoms with Crippen LogP contribution in [0.25, 0.3) is 0 Å². The molecule has 0 spiro atoms.